The van der Waals surface area contributed by atoms with Gasteiger partial charge in [-0.25, -0.2) is 0 Å². The van der Waals surface area contributed by atoms with Crippen molar-refractivity contribution in [2.24, 2.45) is 11.3 Å². The van der Waals surface area contributed by atoms with Crippen LogP contribution in [0.2, 0.25) is 0 Å². The molecule has 0 N–H and O–H groups in total. The lowest BCUT2D eigenvalue weighted by Crippen LogP contribution is -2.40. The third-order valence-corrected chi connectivity index (χ3v) is 8.22. The number of aromatic nitrogens is 3. The first kappa shape index (κ1) is 17.4. The maximum Gasteiger partial charge on any atom is 0.281 e. The Kier molecular flexibility index (Phi) is 4.40. The van der Waals surface area contributed by atoms with Crippen LogP contribution < -0.4 is 0 Å². The van der Waals surface area contributed by atoms with Gasteiger partial charge in [0.15, 0.2) is 0 Å². The van der Waals surface area contributed by atoms with E-state index in [0.29, 0.717) is 13.1 Å². The van der Waals surface area contributed by atoms with E-state index in [1.165, 1.54) is 36.4 Å². The lowest BCUT2D eigenvalue weighted by atomic mass is 9.67. The van der Waals surface area contributed by atoms with Crippen LogP contribution in [0.4, 0.5) is 0 Å². The van der Waals surface area contributed by atoms with E-state index in [-0.39, 0.29) is 11.3 Å². The van der Waals surface area contributed by atoms with E-state index in [9.17, 15) is 8.42 Å². The van der Waals surface area contributed by atoms with Crippen LogP contribution in [0.5, 0.6) is 0 Å². The fourth-order valence-electron chi connectivity index (χ4n) is 4.70. The van der Waals surface area contributed by atoms with E-state index in [1.807, 2.05) is 6.33 Å². The first-order chi connectivity index (χ1) is 11.9. The van der Waals surface area contributed by atoms with Gasteiger partial charge in [0, 0.05) is 39.6 Å². The standard InChI is InChI=1S/C17H29N5O2S/c1-20(2)25(23,24)22-11-15(17(12-22)8-4-3-5-9-17)16-19-18-13-21(16)10-14-6-7-14/h13-15H,3-12H2,1-2H3. The third kappa shape index (κ3) is 3.13. The molecule has 1 aliphatic heterocycles. The van der Waals surface area contributed by atoms with Crippen LogP contribution in [-0.4, -0.2) is 59.0 Å². The van der Waals surface area contributed by atoms with Gasteiger partial charge in [0.2, 0.25) is 0 Å². The van der Waals surface area contributed by atoms with Gasteiger partial charge in [-0.15, -0.1) is 10.2 Å². The van der Waals surface area contributed by atoms with E-state index in [4.69, 9.17) is 0 Å². The van der Waals surface area contributed by atoms with E-state index < -0.39 is 10.2 Å². The number of rotatable bonds is 5. The van der Waals surface area contributed by atoms with Gasteiger partial charge in [-0.3, -0.25) is 0 Å². The van der Waals surface area contributed by atoms with Crippen LogP contribution in [-0.2, 0) is 16.8 Å². The third-order valence-electron chi connectivity index (χ3n) is 6.36. The zero-order valence-electron chi connectivity index (χ0n) is 15.3. The number of hydrogen-bond acceptors (Lipinski definition) is 4. The Hall–Kier alpha value is -0.990. The second-order valence-electron chi connectivity index (χ2n) is 8.34. The molecule has 0 amide bonds. The van der Waals surface area contributed by atoms with Gasteiger partial charge in [0.1, 0.15) is 12.2 Å². The van der Waals surface area contributed by atoms with Crippen molar-refractivity contribution in [1.29, 1.82) is 0 Å². The average molecular weight is 368 g/mol. The predicted octanol–water partition coefficient (Wildman–Crippen LogP) is 1.84. The van der Waals surface area contributed by atoms with Crippen molar-refractivity contribution in [2.75, 3.05) is 27.2 Å². The Morgan fingerprint density at radius 1 is 1.24 bits per heavy atom. The maximum atomic E-state index is 12.8. The minimum absolute atomic E-state index is 0.0235. The molecule has 1 aromatic rings. The molecule has 3 aliphatic rings. The van der Waals surface area contributed by atoms with Gasteiger partial charge in [-0.1, -0.05) is 19.3 Å². The largest absolute Gasteiger partial charge is 0.317 e. The monoisotopic (exact) mass is 367 g/mol. The van der Waals surface area contributed by atoms with E-state index in [0.717, 1.165) is 31.1 Å². The van der Waals surface area contributed by atoms with Crippen molar-refractivity contribution in [3.05, 3.63) is 12.2 Å². The van der Waals surface area contributed by atoms with Crippen molar-refractivity contribution in [2.45, 2.75) is 57.4 Å². The molecule has 2 saturated carbocycles. The zero-order valence-corrected chi connectivity index (χ0v) is 16.1. The Labute approximate surface area is 150 Å². The van der Waals surface area contributed by atoms with Crippen LogP contribution in [0.15, 0.2) is 6.33 Å². The SMILES string of the molecule is CN(C)S(=O)(=O)N1CC(c2nncn2CC2CC2)C2(CCCCC2)C1. The summed E-state index contributed by atoms with van der Waals surface area (Å²) >= 11 is 0. The maximum absolute atomic E-state index is 12.8. The molecule has 0 aromatic carbocycles. The molecule has 1 aromatic heterocycles. The molecule has 1 saturated heterocycles. The molecule has 4 rings (SSSR count). The molecule has 0 radical (unpaired) electrons. The molecule has 0 bridgehead atoms. The minimum Gasteiger partial charge on any atom is -0.317 e. The molecule has 7 nitrogen and oxygen atoms in total. The van der Waals surface area contributed by atoms with Gasteiger partial charge in [-0.2, -0.15) is 17.0 Å². The molecule has 3 fully saturated rings. The predicted molar refractivity (Wildman–Crippen MR) is 95.2 cm³/mol. The summed E-state index contributed by atoms with van der Waals surface area (Å²) in [7, 11) is -0.157. The van der Waals surface area contributed by atoms with Gasteiger partial charge in [0.25, 0.3) is 10.2 Å². The normalized spacial score (nSPS) is 27.4. The van der Waals surface area contributed by atoms with Crippen LogP contribution in [0.1, 0.15) is 56.7 Å². The Morgan fingerprint density at radius 2 is 1.96 bits per heavy atom. The molecular formula is C17H29N5O2S. The van der Waals surface area contributed by atoms with E-state index >= 15 is 0 Å². The summed E-state index contributed by atoms with van der Waals surface area (Å²) in [5.74, 6) is 1.91. The lowest BCUT2D eigenvalue weighted by molar-refractivity contribution is 0.175. The zero-order chi connectivity index (χ0) is 17.7. The van der Waals surface area contributed by atoms with E-state index in [2.05, 4.69) is 14.8 Å². The highest BCUT2D eigenvalue weighted by atomic mass is 32.2. The average Bonchev–Trinajstić information content (AvgIpc) is 3.16. The summed E-state index contributed by atoms with van der Waals surface area (Å²) in [6.07, 6.45) is 10.2. The minimum atomic E-state index is -3.39. The molecule has 140 valence electrons. The van der Waals surface area contributed by atoms with Gasteiger partial charge in [0.05, 0.1) is 0 Å². The highest BCUT2D eigenvalue weighted by Gasteiger charge is 2.52. The molecule has 25 heavy (non-hydrogen) atoms. The quantitative estimate of drug-likeness (QED) is 0.796. The molecule has 2 heterocycles. The summed E-state index contributed by atoms with van der Waals surface area (Å²) in [4.78, 5) is 0. The molecule has 1 spiro atoms. The molecule has 1 atom stereocenters. The summed E-state index contributed by atoms with van der Waals surface area (Å²) in [6, 6.07) is 0. The van der Waals surface area contributed by atoms with Crippen LogP contribution in [0.3, 0.4) is 0 Å². The molecule has 8 heteroatoms. The summed E-state index contributed by atoms with van der Waals surface area (Å²) in [5.41, 5.74) is 0.0235. The van der Waals surface area contributed by atoms with E-state index in [1.54, 1.807) is 18.4 Å². The first-order valence-electron chi connectivity index (χ1n) is 9.48. The van der Waals surface area contributed by atoms with Crippen molar-refractivity contribution in [1.82, 2.24) is 23.4 Å². The fourth-order valence-corrected chi connectivity index (χ4v) is 5.92. The van der Waals surface area contributed by atoms with Crippen molar-refractivity contribution < 1.29 is 8.42 Å². The summed E-state index contributed by atoms with van der Waals surface area (Å²) in [6.45, 7) is 2.13. The fraction of sp³-hybridized carbons (Fsp3) is 0.882. The molecule has 2 aliphatic carbocycles. The second-order valence-corrected chi connectivity index (χ2v) is 10.5. The smallest absolute Gasteiger partial charge is 0.281 e. The van der Waals surface area contributed by atoms with Gasteiger partial charge >= 0.3 is 0 Å². The number of hydrogen-bond donors (Lipinski definition) is 0. The van der Waals surface area contributed by atoms with Crippen LogP contribution in [0, 0.1) is 11.3 Å². The van der Waals surface area contributed by atoms with Crippen LogP contribution >= 0.6 is 0 Å². The Bertz CT molecular complexity index is 719. The lowest BCUT2D eigenvalue weighted by Gasteiger charge is -2.37. The van der Waals surface area contributed by atoms with Crippen LogP contribution in [0.25, 0.3) is 0 Å². The van der Waals surface area contributed by atoms with Gasteiger partial charge < -0.3 is 4.57 Å². The Morgan fingerprint density at radius 3 is 2.60 bits per heavy atom. The van der Waals surface area contributed by atoms with Gasteiger partial charge in [-0.05, 0) is 37.0 Å². The second kappa shape index (κ2) is 6.32. The topological polar surface area (TPSA) is 71.3 Å². The molecular weight excluding hydrogens is 338 g/mol. The molecule has 1 unspecified atom stereocenters. The summed E-state index contributed by atoms with van der Waals surface area (Å²) < 4.78 is 30.7. The highest BCUT2D eigenvalue weighted by Crippen LogP contribution is 2.52. The van der Waals surface area contributed by atoms with Crippen molar-refractivity contribution >= 4 is 10.2 Å². The summed E-state index contributed by atoms with van der Waals surface area (Å²) in [5, 5.41) is 8.65. The van der Waals surface area contributed by atoms with Crippen molar-refractivity contribution in [3.63, 3.8) is 0 Å². The number of nitrogens with zero attached hydrogens (tertiary/aromatic N) is 5. The Balaban J connectivity index is 1.67. The first-order valence-corrected chi connectivity index (χ1v) is 10.9. The van der Waals surface area contributed by atoms with Crippen molar-refractivity contribution in [3.8, 4) is 0 Å². The highest BCUT2D eigenvalue weighted by molar-refractivity contribution is 7.86.